The van der Waals surface area contributed by atoms with Crippen LogP contribution in [0.4, 0.5) is 0 Å². The highest BCUT2D eigenvalue weighted by atomic mass is 16.3. The Labute approximate surface area is 120 Å². The maximum Gasteiger partial charge on any atom is 0.164 e. The Balaban J connectivity index is 1.81. The van der Waals surface area contributed by atoms with Crippen molar-refractivity contribution >= 4 is 11.2 Å². The molecule has 5 nitrogen and oxygen atoms in total. The summed E-state index contributed by atoms with van der Waals surface area (Å²) in [7, 11) is 0. The number of imidazole rings is 1. The first kappa shape index (κ1) is 11.8. The van der Waals surface area contributed by atoms with E-state index in [0.717, 1.165) is 29.0 Å². The zero-order valence-corrected chi connectivity index (χ0v) is 11.2. The molecule has 0 saturated carbocycles. The molecule has 3 heterocycles. The van der Waals surface area contributed by atoms with Crippen LogP contribution in [0.25, 0.3) is 22.4 Å². The van der Waals surface area contributed by atoms with Gasteiger partial charge in [-0.15, -0.1) is 0 Å². The van der Waals surface area contributed by atoms with Crippen molar-refractivity contribution in [1.82, 2.24) is 19.5 Å². The number of furan rings is 1. The maximum atomic E-state index is 5.13. The van der Waals surface area contributed by atoms with E-state index in [1.165, 1.54) is 5.56 Å². The van der Waals surface area contributed by atoms with Gasteiger partial charge in [-0.3, -0.25) is 0 Å². The molecule has 0 fully saturated rings. The third kappa shape index (κ3) is 2.08. The van der Waals surface area contributed by atoms with Crippen LogP contribution in [0.15, 0.2) is 66.0 Å². The predicted molar refractivity (Wildman–Crippen MR) is 78.6 cm³/mol. The molecule has 0 unspecified atom stereocenters. The zero-order chi connectivity index (χ0) is 14.1. The number of nitrogens with zero attached hydrogens (tertiary/aromatic N) is 4. The molecular formula is C16H12N4O. The fourth-order valence-electron chi connectivity index (χ4n) is 2.39. The van der Waals surface area contributed by atoms with Gasteiger partial charge in [0.1, 0.15) is 17.5 Å². The molecule has 0 bridgehead atoms. The molecule has 4 aromatic rings. The molecule has 0 saturated heterocycles. The van der Waals surface area contributed by atoms with Crippen LogP contribution in [-0.4, -0.2) is 19.5 Å². The first-order valence-corrected chi connectivity index (χ1v) is 6.64. The Morgan fingerprint density at radius 3 is 2.71 bits per heavy atom. The van der Waals surface area contributed by atoms with E-state index >= 15 is 0 Å². The largest absolute Gasteiger partial charge is 0.472 e. The quantitative estimate of drug-likeness (QED) is 0.577. The molecule has 1 aromatic carbocycles. The number of aromatic nitrogens is 4. The Bertz CT molecular complexity index is 866. The van der Waals surface area contributed by atoms with Crippen molar-refractivity contribution < 1.29 is 4.42 Å². The van der Waals surface area contributed by atoms with E-state index < -0.39 is 0 Å². The van der Waals surface area contributed by atoms with Crippen LogP contribution in [0.1, 0.15) is 5.56 Å². The van der Waals surface area contributed by atoms with Gasteiger partial charge in [0, 0.05) is 5.56 Å². The average molecular weight is 276 g/mol. The van der Waals surface area contributed by atoms with Gasteiger partial charge in [-0.1, -0.05) is 30.3 Å². The van der Waals surface area contributed by atoms with E-state index in [4.69, 9.17) is 4.42 Å². The van der Waals surface area contributed by atoms with Crippen molar-refractivity contribution in [3.63, 3.8) is 0 Å². The molecular weight excluding hydrogens is 264 g/mol. The summed E-state index contributed by atoms with van der Waals surface area (Å²) in [5, 5.41) is 0. The van der Waals surface area contributed by atoms with Crippen molar-refractivity contribution in [2.45, 2.75) is 6.54 Å². The lowest BCUT2D eigenvalue weighted by molar-refractivity contribution is 0.568. The van der Waals surface area contributed by atoms with Crippen molar-refractivity contribution in [3.8, 4) is 11.3 Å². The number of rotatable bonds is 3. The minimum atomic E-state index is 0.735. The second-order valence-electron chi connectivity index (χ2n) is 4.76. The summed E-state index contributed by atoms with van der Waals surface area (Å²) in [4.78, 5) is 13.2. The van der Waals surface area contributed by atoms with Crippen LogP contribution in [0.5, 0.6) is 0 Å². The topological polar surface area (TPSA) is 56.7 Å². The summed E-state index contributed by atoms with van der Waals surface area (Å²) < 4.78 is 7.15. The van der Waals surface area contributed by atoms with Crippen molar-refractivity contribution in [2.24, 2.45) is 0 Å². The van der Waals surface area contributed by atoms with Crippen LogP contribution >= 0.6 is 0 Å². The van der Waals surface area contributed by atoms with Crippen LogP contribution in [0, 0.1) is 0 Å². The molecule has 5 heteroatoms. The Kier molecular flexibility index (Phi) is 2.74. The normalized spacial score (nSPS) is 11.0. The van der Waals surface area contributed by atoms with Crippen LogP contribution < -0.4 is 0 Å². The number of benzene rings is 1. The molecule has 4 rings (SSSR count). The molecule has 0 aliphatic heterocycles. The van der Waals surface area contributed by atoms with Gasteiger partial charge in [0.05, 0.1) is 25.4 Å². The summed E-state index contributed by atoms with van der Waals surface area (Å²) in [5.41, 5.74) is 4.52. The highest BCUT2D eigenvalue weighted by molar-refractivity contribution is 5.86. The molecule has 0 aliphatic rings. The summed E-state index contributed by atoms with van der Waals surface area (Å²) >= 11 is 0. The summed E-state index contributed by atoms with van der Waals surface area (Å²) in [6.45, 7) is 0.735. The second kappa shape index (κ2) is 4.86. The highest BCUT2D eigenvalue weighted by Gasteiger charge is 2.12. The van der Waals surface area contributed by atoms with Crippen molar-refractivity contribution in [2.75, 3.05) is 0 Å². The second-order valence-corrected chi connectivity index (χ2v) is 4.76. The highest BCUT2D eigenvalue weighted by Crippen LogP contribution is 2.24. The van der Waals surface area contributed by atoms with Crippen molar-refractivity contribution in [3.05, 3.63) is 67.1 Å². The molecule has 21 heavy (non-hydrogen) atoms. The molecule has 0 aliphatic carbocycles. The van der Waals surface area contributed by atoms with Gasteiger partial charge in [0.25, 0.3) is 0 Å². The van der Waals surface area contributed by atoms with Crippen LogP contribution in [-0.2, 0) is 6.54 Å². The fourth-order valence-corrected chi connectivity index (χ4v) is 2.39. The first-order valence-electron chi connectivity index (χ1n) is 6.64. The molecule has 0 amide bonds. The van der Waals surface area contributed by atoms with Crippen molar-refractivity contribution in [1.29, 1.82) is 0 Å². The third-order valence-electron chi connectivity index (χ3n) is 3.39. The Morgan fingerprint density at radius 1 is 1.00 bits per heavy atom. The zero-order valence-electron chi connectivity index (χ0n) is 11.2. The minimum absolute atomic E-state index is 0.735. The first-order chi connectivity index (χ1) is 10.4. The van der Waals surface area contributed by atoms with Gasteiger partial charge in [-0.2, -0.15) is 0 Å². The van der Waals surface area contributed by atoms with Gasteiger partial charge in [-0.05, 0) is 11.6 Å². The molecule has 0 atom stereocenters. The number of hydrogen-bond donors (Lipinski definition) is 0. The minimum Gasteiger partial charge on any atom is -0.472 e. The van der Waals surface area contributed by atoms with E-state index in [-0.39, 0.29) is 0 Å². The smallest absolute Gasteiger partial charge is 0.164 e. The number of fused-ring (bicyclic) bond motifs is 1. The van der Waals surface area contributed by atoms with E-state index in [2.05, 4.69) is 27.1 Å². The van der Waals surface area contributed by atoms with Crippen LogP contribution in [0.3, 0.4) is 0 Å². The molecule has 3 aromatic heterocycles. The Hall–Kier alpha value is -2.95. The van der Waals surface area contributed by atoms with E-state index in [1.54, 1.807) is 25.2 Å². The third-order valence-corrected chi connectivity index (χ3v) is 3.39. The van der Waals surface area contributed by atoms with Gasteiger partial charge in [-0.25, -0.2) is 15.0 Å². The van der Waals surface area contributed by atoms with Gasteiger partial charge in [0.2, 0.25) is 0 Å². The molecule has 0 spiro atoms. The summed E-state index contributed by atoms with van der Waals surface area (Å²) in [6, 6.07) is 12.1. The van der Waals surface area contributed by atoms with Gasteiger partial charge < -0.3 is 8.98 Å². The van der Waals surface area contributed by atoms with E-state index in [1.807, 2.05) is 28.8 Å². The predicted octanol–water partition coefficient (Wildman–Crippen LogP) is 3.13. The lowest BCUT2D eigenvalue weighted by Gasteiger charge is -2.04. The lowest BCUT2D eigenvalue weighted by atomic mass is 10.2. The average Bonchev–Trinajstić information content (AvgIpc) is 3.18. The summed E-state index contributed by atoms with van der Waals surface area (Å²) in [5.74, 6) is 0. The fraction of sp³-hybridized carbons (Fsp3) is 0.0625. The molecule has 102 valence electrons. The standard InChI is InChI=1S/C16H12N4O/c1-2-4-12(5-3-1)8-20-11-19-15-14(13-6-7-21-9-13)17-10-18-16(15)20/h1-7,9-11H,8H2. The van der Waals surface area contributed by atoms with Gasteiger partial charge >= 0.3 is 0 Å². The van der Waals surface area contributed by atoms with Crippen LogP contribution in [0.2, 0.25) is 0 Å². The van der Waals surface area contributed by atoms with Gasteiger partial charge in [0.15, 0.2) is 5.65 Å². The molecule has 0 radical (unpaired) electrons. The molecule has 0 N–H and O–H groups in total. The lowest BCUT2D eigenvalue weighted by Crippen LogP contribution is -1.99. The SMILES string of the molecule is c1ccc(Cn2cnc3c(-c4ccoc4)ncnc32)cc1. The Morgan fingerprint density at radius 2 is 1.90 bits per heavy atom. The maximum absolute atomic E-state index is 5.13. The number of hydrogen-bond acceptors (Lipinski definition) is 4. The van der Waals surface area contributed by atoms with E-state index in [0.29, 0.717) is 0 Å². The monoisotopic (exact) mass is 276 g/mol. The van der Waals surface area contributed by atoms with E-state index in [9.17, 15) is 0 Å². The summed E-state index contributed by atoms with van der Waals surface area (Å²) in [6.07, 6.45) is 6.66.